The second-order valence-electron chi connectivity index (χ2n) is 7.44. The topological polar surface area (TPSA) is 110 Å². The van der Waals surface area contributed by atoms with Crippen molar-refractivity contribution < 1.29 is 14.3 Å². The zero-order valence-electron chi connectivity index (χ0n) is 16.7. The lowest BCUT2D eigenvalue weighted by molar-refractivity contribution is -0.124. The molecule has 3 heterocycles. The Hall–Kier alpha value is -2.49. The summed E-state index contributed by atoms with van der Waals surface area (Å²) in [7, 11) is 0. The van der Waals surface area contributed by atoms with Gasteiger partial charge in [-0.25, -0.2) is 4.68 Å². The number of carbonyl (C=O) groups is 2. The Bertz CT molecular complexity index is 862. The summed E-state index contributed by atoms with van der Waals surface area (Å²) >= 11 is 0. The number of amides is 2. The van der Waals surface area contributed by atoms with Gasteiger partial charge < -0.3 is 20.7 Å². The number of halogens is 1. The minimum absolute atomic E-state index is 0. The molecule has 0 saturated carbocycles. The molecule has 162 valence electrons. The molecule has 2 aromatic rings. The molecule has 0 bridgehead atoms. The van der Waals surface area contributed by atoms with Crippen LogP contribution in [0.3, 0.4) is 0 Å². The standard InChI is InChI=1S/C20H26N6O3.ClH/c27-19(17-13-26(25-24-17)16-6-8-21-9-7-16)22-12-14-3-1-4-15(11-14)23-20(28)18-5-2-10-29-18;/h1,3-4,11,13,16,18,21H,2,5-10,12H2,(H,22,27)(H,23,28);1H. The minimum Gasteiger partial charge on any atom is -0.368 e. The average molecular weight is 435 g/mol. The molecule has 1 unspecified atom stereocenters. The molecule has 2 saturated heterocycles. The van der Waals surface area contributed by atoms with Gasteiger partial charge in [0.2, 0.25) is 0 Å². The summed E-state index contributed by atoms with van der Waals surface area (Å²) in [5.74, 6) is -0.391. The van der Waals surface area contributed by atoms with Gasteiger partial charge in [-0.1, -0.05) is 17.3 Å². The molecule has 0 spiro atoms. The fourth-order valence-electron chi connectivity index (χ4n) is 3.67. The third-order valence-electron chi connectivity index (χ3n) is 5.30. The van der Waals surface area contributed by atoms with Crippen molar-refractivity contribution in [2.24, 2.45) is 0 Å². The molecule has 2 aliphatic heterocycles. The van der Waals surface area contributed by atoms with E-state index in [1.807, 2.05) is 24.3 Å². The zero-order chi connectivity index (χ0) is 20.1. The van der Waals surface area contributed by atoms with Crippen molar-refractivity contribution >= 4 is 29.9 Å². The monoisotopic (exact) mass is 434 g/mol. The predicted molar refractivity (Wildman–Crippen MR) is 114 cm³/mol. The molecule has 10 heteroatoms. The number of hydrogen-bond acceptors (Lipinski definition) is 6. The molecular weight excluding hydrogens is 408 g/mol. The quantitative estimate of drug-likeness (QED) is 0.638. The van der Waals surface area contributed by atoms with E-state index in [1.54, 1.807) is 10.9 Å². The first kappa shape index (κ1) is 22.2. The summed E-state index contributed by atoms with van der Waals surface area (Å²) in [4.78, 5) is 24.6. The molecular formula is C20H27ClN6O3. The van der Waals surface area contributed by atoms with Crippen molar-refractivity contribution in [1.82, 2.24) is 25.6 Å². The van der Waals surface area contributed by atoms with E-state index in [1.165, 1.54) is 0 Å². The molecule has 9 nitrogen and oxygen atoms in total. The van der Waals surface area contributed by atoms with Crippen LogP contribution in [0.2, 0.25) is 0 Å². The number of nitrogens with one attached hydrogen (secondary N) is 3. The van der Waals surface area contributed by atoms with Crippen LogP contribution in [0.15, 0.2) is 30.5 Å². The van der Waals surface area contributed by atoms with Crippen LogP contribution >= 0.6 is 12.4 Å². The Morgan fingerprint density at radius 1 is 1.23 bits per heavy atom. The molecule has 4 rings (SSSR count). The van der Waals surface area contributed by atoms with Crippen LogP contribution in [0.1, 0.15) is 47.8 Å². The van der Waals surface area contributed by atoms with Crippen LogP contribution in [0.4, 0.5) is 5.69 Å². The number of nitrogens with zero attached hydrogens (tertiary/aromatic N) is 3. The molecule has 3 N–H and O–H groups in total. The Labute approximate surface area is 181 Å². The highest BCUT2D eigenvalue weighted by molar-refractivity contribution is 5.94. The van der Waals surface area contributed by atoms with E-state index in [9.17, 15) is 9.59 Å². The molecule has 1 aromatic carbocycles. The molecule has 30 heavy (non-hydrogen) atoms. The van der Waals surface area contributed by atoms with Crippen molar-refractivity contribution in [2.45, 2.75) is 44.4 Å². The maximum Gasteiger partial charge on any atom is 0.273 e. The molecule has 2 aliphatic rings. The molecule has 2 fully saturated rings. The number of ether oxygens (including phenoxy) is 1. The summed E-state index contributed by atoms with van der Waals surface area (Å²) in [6.07, 6.45) is 4.96. The van der Waals surface area contributed by atoms with E-state index in [0.717, 1.165) is 44.3 Å². The minimum atomic E-state index is -0.374. The molecule has 1 aromatic heterocycles. The third-order valence-corrected chi connectivity index (χ3v) is 5.30. The van der Waals surface area contributed by atoms with Gasteiger partial charge in [0, 0.05) is 18.8 Å². The summed E-state index contributed by atoms with van der Waals surface area (Å²) < 4.78 is 7.19. The van der Waals surface area contributed by atoms with Crippen LogP contribution in [-0.2, 0) is 16.1 Å². The second kappa shape index (κ2) is 10.5. The highest BCUT2D eigenvalue weighted by Gasteiger charge is 2.23. The Morgan fingerprint density at radius 3 is 2.83 bits per heavy atom. The average Bonchev–Trinajstić information content (AvgIpc) is 3.45. The summed E-state index contributed by atoms with van der Waals surface area (Å²) in [5.41, 5.74) is 1.88. The normalized spacial score (nSPS) is 19.1. The van der Waals surface area contributed by atoms with E-state index in [2.05, 4.69) is 26.3 Å². The Kier molecular flexibility index (Phi) is 7.78. The Morgan fingerprint density at radius 2 is 2.07 bits per heavy atom. The summed E-state index contributed by atoms with van der Waals surface area (Å²) in [5, 5.41) is 17.2. The van der Waals surface area contributed by atoms with Gasteiger partial charge in [-0.05, 0) is 56.5 Å². The van der Waals surface area contributed by atoms with Crippen LogP contribution in [0.25, 0.3) is 0 Å². The maximum atomic E-state index is 12.4. The van der Waals surface area contributed by atoms with Crippen LogP contribution in [-0.4, -0.2) is 52.6 Å². The molecule has 0 aliphatic carbocycles. The number of piperidine rings is 1. The number of rotatable bonds is 6. The van der Waals surface area contributed by atoms with Gasteiger partial charge in [0.1, 0.15) is 6.10 Å². The van der Waals surface area contributed by atoms with E-state index in [4.69, 9.17) is 4.74 Å². The first-order valence-electron chi connectivity index (χ1n) is 10.1. The van der Waals surface area contributed by atoms with E-state index < -0.39 is 0 Å². The molecule has 2 amide bonds. The molecule has 0 radical (unpaired) electrons. The number of benzene rings is 1. The van der Waals surface area contributed by atoms with Crippen molar-refractivity contribution in [1.29, 1.82) is 0 Å². The van der Waals surface area contributed by atoms with Gasteiger partial charge in [0.05, 0.1) is 12.2 Å². The van der Waals surface area contributed by atoms with Gasteiger partial charge in [0.15, 0.2) is 5.69 Å². The zero-order valence-corrected chi connectivity index (χ0v) is 17.5. The predicted octanol–water partition coefficient (Wildman–Crippen LogP) is 1.67. The van der Waals surface area contributed by atoms with Crippen molar-refractivity contribution in [2.75, 3.05) is 25.0 Å². The van der Waals surface area contributed by atoms with E-state index >= 15 is 0 Å². The van der Waals surface area contributed by atoms with Gasteiger partial charge >= 0.3 is 0 Å². The van der Waals surface area contributed by atoms with E-state index in [-0.39, 0.29) is 36.4 Å². The van der Waals surface area contributed by atoms with Gasteiger partial charge in [-0.3, -0.25) is 9.59 Å². The largest absolute Gasteiger partial charge is 0.368 e. The fraction of sp³-hybridized carbons (Fsp3) is 0.500. The van der Waals surface area contributed by atoms with Crippen LogP contribution in [0.5, 0.6) is 0 Å². The van der Waals surface area contributed by atoms with Crippen molar-refractivity contribution in [3.63, 3.8) is 0 Å². The number of carbonyl (C=O) groups excluding carboxylic acids is 2. The number of hydrogen-bond donors (Lipinski definition) is 3. The van der Waals surface area contributed by atoms with Gasteiger partial charge in [-0.2, -0.15) is 0 Å². The third kappa shape index (κ3) is 5.56. The van der Waals surface area contributed by atoms with Crippen molar-refractivity contribution in [3.8, 4) is 0 Å². The highest BCUT2D eigenvalue weighted by atomic mass is 35.5. The lowest BCUT2D eigenvalue weighted by Gasteiger charge is -2.22. The lowest BCUT2D eigenvalue weighted by Crippen LogP contribution is -2.29. The summed E-state index contributed by atoms with van der Waals surface area (Å²) in [6, 6.07) is 7.70. The highest BCUT2D eigenvalue weighted by Crippen LogP contribution is 2.18. The second-order valence-corrected chi connectivity index (χ2v) is 7.44. The van der Waals surface area contributed by atoms with Crippen LogP contribution < -0.4 is 16.0 Å². The van der Waals surface area contributed by atoms with Gasteiger partial charge in [-0.15, -0.1) is 17.5 Å². The van der Waals surface area contributed by atoms with Crippen molar-refractivity contribution in [3.05, 3.63) is 41.7 Å². The van der Waals surface area contributed by atoms with Crippen LogP contribution in [0, 0.1) is 0 Å². The molecule has 1 atom stereocenters. The maximum absolute atomic E-state index is 12.4. The first-order chi connectivity index (χ1) is 14.2. The lowest BCUT2D eigenvalue weighted by atomic mass is 10.1. The van der Waals surface area contributed by atoms with E-state index in [0.29, 0.717) is 24.5 Å². The van der Waals surface area contributed by atoms with Gasteiger partial charge in [0.25, 0.3) is 11.8 Å². The first-order valence-corrected chi connectivity index (χ1v) is 10.1. The summed E-state index contributed by atoms with van der Waals surface area (Å²) in [6.45, 7) is 2.87. The number of aromatic nitrogens is 3. The smallest absolute Gasteiger partial charge is 0.273 e. The fourth-order valence-corrected chi connectivity index (χ4v) is 3.67. The SMILES string of the molecule is Cl.O=C(NCc1cccc(NC(=O)C2CCCO2)c1)c1cn(C2CCNCC2)nn1. The number of anilines is 1. The Balaban J connectivity index is 0.00000256.